The largest absolute Gasteiger partial charge is 0.497 e. The Morgan fingerprint density at radius 2 is 1.79 bits per heavy atom. The zero-order valence-electron chi connectivity index (χ0n) is 22.6. The summed E-state index contributed by atoms with van der Waals surface area (Å²) in [5.74, 6) is -1.57. The van der Waals surface area contributed by atoms with Crippen LogP contribution in [0.1, 0.15) is 15.4 Å². The average Bonchev–Trinajstić information content (AvgIpc) is 3.56. The number of methoxy groups -OCH3 is 2. The molecule has 10 nitrogen and oxygen atoms in total. The number of anilines is 2. The van der Waals surface area contributed by atoms with Crippen LogP contribution in [0.15, 0.2) is 72.1 Å². The molecule has 42 heavy (non-hydrogen) atoms. The monoisotopic (exact) mass is 604 g/mol. The summed E-state index contributed by atoms with van der Waals surface area (Å²) >= 11 is 7.34. The number of ether oxygens (including phenoxy) is 2. The van der Waals surface area contributed by atoms with Crippen LogP contribution in [0.2, 0.25) is 5.02 Å². The molecule has 2 heterocycles. The van der Waals surface area contributed by atoms with Gasteiger partial charge in [0.1, 0.15) is 29.6 Å². The number of rotatable bonds is 10. The van der Waals surface area contributed by atoms with Gasteiger partial charge in [-0.1, -0.05) is 35.9 Å². The van der Waals surface area contributed by atoms with Crippen LogP contribution in [-0.4, -0.2) is 60.7 Å². The topological polar surface area (TPSA) is 118 Å². The SMILES string of the molecule is COc1ccc(NC(=O)CN(Cc2nc(-c3ccc(Cl)cc3)cs2)C(=O)CN2C(=O)C(=O)c3ccccc32)c(OC)c1. The third kappa shape index (κ3) is 6.12. The van der Waals surface area contributed by atoms with Gasteiger partial charge in [0.15, 0.2) is 0 Å². The standard InChI is InChI=1S/C30H25ClN4O6S/c1-40-20-11-12-22(25(13-20)41-2)32-26(36)14-34(15-27-33-23(17-42-27)18-7-9-19(31)10-8-18)28(37)16-35-24-6-4-3-5-21(24)29(38)30(35)39/h3-13,17H,14-16H2,1-2H3,(H,32,36). The Kier molecular flexibility index (Phi) is 8.51. The van der Waals surface area contributed by atoms with Gasteiger partial charge in [-0.15, -0.1) is 11.3 Å². The quantitative estimate of drug-likeness (QED) is 0.261. The van der Waals surface area contributed by atoms with Crippen molar-refractivity contribution in [2.45, 2.75) is 6.54 Å². The molecule has 0 spiro atoms. The molecule has 0 saturated heterocycles. The van der Waals surface area contributed by atoms with E-state index in [4.69, 9.17) is 21.1 Å². The number of Topliss-reactive ketones (excluding diaryl/α,β-unsaturated/α-hetero) is 1. The molecule has 0 radical (unpaired) electrons. The first-order valence-corrected chi connectivity index (χ1v) is 14.0. The van der Waals surface area contributed by atoms with Crippen molar-refractivity contribution in [3.8, 4) is 22.8 Å². The molecule has 1 N–H and O–H groups in total. The smallest absolute Gasteiger partial charge is 0.299 e. The highest BCUT2D eigenvalue weighted by molar-refractivity contribution is 7.09. The van der Waals surface area contributed by atoms with Gasteiger partial charge in [0.25, 0.3) is 11.7 Å². The Morgan fingerprint density at radius 3 is 2.52 bits per heavy atom. The molecule has 0 saturated carbocycles. The van der Waals surface area contributed by atoms with Crippen LogP contribution in [0, 0.1) is 0 Å². The van der Waals surface area contributed by atoms with Crippen LogP contribution in [0.25, 0.3) is 11.3 Å². The fourth-order valence-corrected chi connectivity index (χ4v) is 5.38. The maximum absolute atomic E-state index is 13.6. The molecule has 0 atom stereocenters. The van der Waals surface area contributed by atoms with Crippen LogP contribution >= 0.6 is 22.9 Å². The zero-order valence-corrected chi connectivity index (χ0v) is 24.2. The molecule has 5 rings (SSSR count). The Morgan fingerprint density at radius 1 is 1.02 bits per heavy atom. The van der Waals surface area contributed by atoms with Crippen LogP contribution in [-0.2, 0) is 20.9 Å². The van der Waals surface area contributed by atoms with E-state index in [1.54, 1.807) is 54.6 Å². The Bertz CT molecular complexity index is 1670. The maximum atomic E-state index is 13.6. The summed E-state index contributed by atoms with van der Waals surface area (Å²) in [6.07, 6.45) is 0. The third-order valence-corrected chi connectivity index (χ3v) is 7.65. The predicted octanol–water partition coefficient (Wildman–Crippen LogP) is 4.68. The van der Waals surface area contributed by atoms with Crippen molar-refractivity contribution in [1.29, 1.82) is 0 Å². The Labute approximate surface area is 250 Å². The number of halogens is 1. The second kappa shape index (κ2) is 12.4. The highest BCUT2D eigenvalue weighted by atomic mass is 35.5. The number of nitrogens with one attached hydrogen (secondary N) is 1. The number of aromatic nitrogens is 1. The molecule has 1 aliphatic heterocycles. The van der Waals surface area contributed by atoms with Crippen molar-refractivity contribution in [2.24, 2.45) is 0 Å². The molecule has 12 heteroatoms. The van der Waals surface area contributed by atoms with E-state index in [2.05, 4.69) is 10.3 Å². The van der Waals surface area contributed by atoms with Gasteiger partial charge in [-0.05, 0) is 36.4 Å². The van der Waals surface area contributed by atoms with Crippen LogP contribution < -0.4 is 19.7 Å². The predicted molar refractivity (Wildman–Crippen MR) is 159 cm³/mol. The number of para-hydroxylation sites is 1. The molecule has 0 fully saturated rings. The van der Waals surface area contributed by atoms with Crippen LogP contribution in [0.3, 0.4) is 0 Å². The number of carbonyl (C=O) groups excluding carboxylic acids is 4. The van der Waals surface area contributed by atoms with Crippen molar-refractivity contribution in [1.82, 2.24) is 9.88 Å². The summed E-state index contributed by atoms with van der Waals surface area (Å²) in [5, 5.41) is 5.79. The van der Waals surface area contributed by atoms with E-state index in [1.165, 1.54) is 30.5 Å². The lowest BCUT2D eigenvalue weighted by Gasteiger charge is -2.24. The van der Waals surface area contributed by atoms with Gasteiger partial charge >= 0.3 is 0 Å². The van der Waals surface area contributed by atoms with Crippen LogP contribution in [0.5, 0.6) is 11.5 Å². The molecule has 4 aromatic rings. The number of benzene rings is 3. The third-order valence-electron chi connectivity index (χ3n) is 6.56. The second-order valence-electron chi connectivity index (χ2n) is 9.24. The number of amides is 3. The molecule has 1 aliphatic rings. The summed E-state index contributed by atoms with van der Waals surface area (Å²) in [6, 6.07) is 18.6. The summed E-state index contributed by atoms with van der Waals surface area (Å²) in [5.41, 5.74) is 2.53. The molecule has 0 bridgehead atoms. The summed E-state index contributed by atoms with van der Waals surface area (Å²) in [4.78, 5) is 59.1. The molecule has 3 amide bonds. The number of hydrogen-bond donors (Lipinski definition) is 1. The number of fused-ring (bicyclic) bond motifs is 1. The van der Waals surface area contributed by atoms with Crippen molar-refractivity contribution in [2.75, 3.05) is 37.5 Å². The van der Waals surface area contributed by atoms with E-state index >= 15 is 0 Å². The number of carbonyl (C=O) groups is 4. The van der Waals surface area contributed by atoms with E-state index in [9.17, 15) is 19.2 Å². The Balaban J connectivity index is 1.38. The van der Waals surface area contributed by atoms with Crippen molar-refractivity contribution in [3.63, 3.8) is 0 Å². The van der Waals surface area contributed by atoms with Crippen molar-refractivity contribution < 1.29 is 28.7 Å². The van der Waals surface area contributed by atoms with Crippen molar-refractivity contribution in [3.05, 3.63) is 87.7 Å². The van der Waals surface area contributed by atoms with E-state index in [1.807, 2.05) is 17.5 Å². The molecule has 0 aliphatic carbocycles. The number of thiazole rings is 1. The molecular formula is C30H25ClN4O6S. The van der Waals surface area contributed by atoms with Gasteiger partial charge in [0.2, 0.25) is 11.8 Å². The van der Waals surface area contributed by atoms with E-state index < -0.39 is 30.0 Å². The zero-order chi connectivity index (χ0) is 29.8. The lowest BCUT2D eigenvalue weighted by Crippen LogP contribution is -2.45. The summed E-state index contributed by atoms with van der Waals surface area (Å²) < 4.78 is 10.6. The second-order valence-corrected chi connectivity index (χ2v) is 10.6. The molecular weight excluding hydrogens is 580 g/mol. The maximum Gasteiger partial charge on any atom is 0.299 e. The lowest BCUT2D eigenvalue weighted by atomic mass is 10.1. The van der Waals surface area contributed by atoms with E-state index in [0.717, 1.165) is 10.5 Å². The Hall–Kier alpha value is -4.74. The van der Waals surface area contributed by atoms with Crippen molar-refractivity contribution >= 4 is 57.8 Å². The molecule has 0 unspecified atom stereocenters. The van der Waals surface area contributed by atoms with Gasteiger partial charge < -0.3 is 19.7 Å². The minimum atomic E-state index is -0.795. The summed E-state index contributed by atoms with van der Waals surface area (Å²) in [7, 11) is 2.98. The normalized spacial score (nSPS) is 12.2. The number of hydrogen-bond acceptors (Lipinski definition) is 8. The van der Waals surface area contributed by atoms with Gasteiger partial charge in [0, 0.05) is 22.0 Å². The van der Waals surface area contributed by atoms with Gasteiger partial charge in [0.05, 0.1) is 43.4 Å². The minimum absolute atomic E-state index is 0.00187. The first-order valence-electron chi connectivity index (χ1n) is 12.7. The highest BCUT2D eigenvalue weighted by Crippen LogP contribution is 2.30. The highest BCUT2D eigenvalue weighted by Gasteiger charge is 2.37. The fourth-order valence-electron chi connectivity index (χ4n) is 4.44. The first kappa shape index (κ1) is 28.8. The number of nitrogens with zero attached hydrogens (tertiary/aromatic N) is 3. The first-order chi connectivity index (χ1) is 20.3. The van der Waals surface area contributed by atoms with Crippen LogP contribution in [0.4, 0.5) is 11.4 Å². The molecule has 214 valence electrons. The minimum Gasteiger partial charge on any atom is -0.497 e. The van der Waals surface area contributed by atoms with Gasteiger partial charge in [-0.3, -0.25) is 24.1 Å². The molecule has 1 aromatic heterocycles. The fraction of sp³-hybridized carbons (Fsp3) is 0.167. The van der Waals surface area contributed by atoms with E-state index in [0.29, 0.717) is 38.6 Å². The van der Waals surface area contributed by atoms with Gasteiger partial charge in [-0.2, -0.15) is 0 Å². The van der Waals surface area contributed by atoms with E-state index in [-0.39, 0.29) is 18.7 Å². The molecule has 3 aromatic carbocycles. The lowest BCUT2D eigenvalue weighted by molar-refractivity contribution is -0.134. The number of ketones is 1. The van der Waals surface area contributed by atoms with Gasteiger partial charge in [-0.25, -0.2) is 4.98 Å². The summed E-state index contributed by atoms with van der Waals surface area (Å²) in [6.45, 7) is -0.764. The average molecular weight is 605 g/mol.